The van der Waals surface area contributed by atoms with Crippen LogP contribution in [0.1, 0.15) is 13.8 Å². The van der Waals surface area contributed by atoms with Crippen LogP contribution in [0.2, 0.25) is 0 Å². The molecule has 0 aliphatic rings. The van der Waals surface area contributed by atoms with Crippen molar-refractivity contribution in [3.8, 4) is 0 Å². The van der Waals surface area contributed by atoms with Crippen molar-refractivity contribution < 1.29 is 13.2 Å². The van der Waals surface area contributed by atoms with Crippen LogP contribution in [-0.2, 0) is 14.6 Å². The lowest BCUT2D eigenvalue weighted by Crippen LogP contribution is -2.28. The monoisotopic (exact) mass is 223 g/mol. The zero-order valence-electron chi connectivity index (χ0n) is 9.25. The number of hydrogen-bond acceptors (Lipinski definition) is 4. The van der Waals surface area contributed by atoms with Gasteiger partial charge in [0.05, 0.1) is 18.1 Å². The van der Waals surface area contributed by atoms with Crippen LogP contribution in [-0.4, -0.2) is 46.7 Å². The van der Waals surface area contributed by atoms with E-state index in [4.69, 9.17) is 4.74 Å². The van der Waals surface area contributed by atoms with Crippen molar-refractivity contribution in [3.63, 3.8) is 0 Å². The molecular formula is C9H21NO3S. The van der Waals surface area contributed by atoms with Gasteiger partial charge in [0.1, 0.15) is 0 Å². The van der Waals surface area contributed by atoms with E-state index >= 15 is 0 Å². The molecule has 0 aromatic heterocycles. The van der Waals surface area contributed by atoms with Gasteiger partial charge in [0, 0.05) is 13.7 Å². The number of sulfone groups is 1. The smallest absolute Gasteiger partial charge is 0.153 e. The first-order chi connectivity index (χ1) is 6.48. The molecule has 0 fully saturated rings. The first-order valence-corrected chi connectivity index (χ1v) is 6.70. The Morgan fingerprint density at radius 1 is 1.29 bits per heavy atom. The highest BCUT2D eigenvalue weighted by Crippen LogP contribution is 1.91. The molecule has 14 heavy (non-hydrogen) atoms. The van der Waals surface area contributed by atoms with Crippen molar-refractivity contribution in [2.24, 2.45) is 5.92 Å². The van der Waals surface area contributed by atoms with E-state index in [1.165, 1.54) is 7.11 Å². The van der Waals surface area contributed by atoms with Crippen molar-refractivity contribution in [2.75, 3.05) is 38.3 Å². The zero-order valence-corrected chi connectivity index (χ0v) is 10.1. The van der Waals surface area contributed by atoms with Crippen LogP contribution >= 0.6 is 0 Å². The fourth-order valence-electron chi connectivity index (χ4n) is 0.931. The molecule has 1 N–H and O–H groups in total. The van der Waals surface area contributed by atoms with E-state index in [0.717, 1.165) is 6.54 Å². The Balaban J connectivity index is 3.56. The largest absolute Gasteiger partial charge is 0.384 e. The molecule has 0 amide bonds. The summed E-state index contributed by atoms with van der Waals surface area (Å²) in [5.41, 5.74) is 0. The molecule has 86 valence electrons. The molecule has 0 unspecified atom stereocenters. The molecule has 0 aromatic rings. The molecular weight excluding hydrogens is 202 g/mol. The number of rotatable bonds is 8. The Morgan fingerprint density at radius 3 is 2.43 bits per heavy atom. The summed E-state index contributed by atoms with van der Waals surface area (Å²) < 4.78 is 27.4. The van der Waals surface area contributed by atoms with E-state index < -0.39 is 9.84 Å². The lowest BCUT2D eigenvalue weighted by molar-refractivity contribution is 0.217. The summed E-state index contributed by atoms with van der Waals surface area (Å²) in [6.07, 6.45) is 0. The second kappa shape index (κ2) is 7.20. The van der Waals surface area contributed by atoms with Gasteiger partial charge in [-0.05, 0) is 12.5 Å². The van der Waals surface area contributed by atoms with E-state index in [0.29, 0.717) is 12.5 Å². The van der Waals surface area contributed by atoms with Gasteiger partial charge in [-0.25, -0.2) is 8.42 Å². The minimum absolute atomic E-state index is 0.118. The first-order valence-electron chi connectivity index (χ1n) is 4.88. The normalized spacial score (nSPS) is 12.3. The molecule has 5 heteroatoms. The van der Waals surface area contributed by atoms with Gasteiger partial charge in [-0.3, -0.25) is 0 Å². The molecule has 0 aliphatic carbocycles. The molecule has 0 spiro atoms. The van der Waals surface area contributed by atoms with Crippen LogP contribution in [0.25, 0.3) is 0 Å². The second-order valence-corrected chi connectivity index (χ2v) is 6.05. The van der Waals surface area contributed by atoms with E-state index in [9.17, 15) is 8.42 Å². The van der Waals surface area contributed by atoms with Crippen LogP contribution in [0.3, 0.4) is 0 Å². The molecule has 4 nitrogen and oxygen atoms in total. The molecule has 0 atom stereocenters. The zero-order chi connectivity index (χ0) is 11.0. The summed E-state index contributed by atoms with van der Waals surface area (Å²) in [5, 5.41) is 3.10. The quantitative estimate of drug-likeness (QED) is 0.601. The SMILES string of the molecule is COCCS(=O)(=O)CCNCC(C)C. The van der Waals surface area contributed by atoms with E-state index in [2.05, 4.69) is 19.2 Å². The molecule has 0 aliphatic heterocycles. The first kappa shape index (κ1) is 13.9. The molecule has 0 bridgehead atoms. The minimum atomic E-state index is -2.93. The standard InChI is InChI=1S/C9H21NO3S/c1-9(2)8-10-4-6-14(11,12)7-5-13-3/h9-10H,4-8H2,1-3H3. The fourth-order valence-corrected chi connectivity index (χ4v) is 2.01. The molecule has 0 saturated heterocycles. The summed E-state index contributed by atoms with van der Waals surface area (Å²) in [6.45, 7) is 5.86. The third-order valence-corrected chi connectivity index (χ3v) is 3.36. The van der Waals surface area contributed by atoms with Gasteiger partial charge in [0.2, 0.25) is 0 Å². The van der Waals surface area contributed by atoms with Gasteiger partial charge in [0.25, 0.3) is 0 Å². The van der Waals surface area contributed by atoms with Crippen molar-refractivity contribution in [1.29, 1.82) is 0 Å². The number of methoxy groups -OCH3 is 1. The Bertz CT molecular complexity index is 224. The number of ether oxygens (including phenoxy) is 1. The number of nitrogens with one attached hydrogen (secondary N) is 1. The maximum absolute atomic E-state index is 11.3. The molecule has 0 radical (unpaired) electrons. The maximum atomic E-state index is 11.3. The van der Waals surface area contributed by atoms with Gasteiger partial charge in [-0.15, -0.1) is 0 Å². The fraction of sp³-hybridized carbons (Fsp3) is 1.00. The van der Waals surface area contributed by atoms with E-state index in [-0.39, 0.29) is 18.1 Å². The van der Waals surface area contributed by atoms with Crippen molar-refractivity contribution in [1.82, 2.24) is 5.32 Å². The maximum Gasteiger partial charge on any atom is 0.153 e. The van der Waals surface area contributed by atoms with Crippen LogP contribution in [0.5, 0.6) is 0 Å². The summed E-state index contributed by atoms with van der Waals surface area (Å²) in [5.74, 6) is 0.868. The summed E-state index contributed by atoms with van der Waals surface area (Å²) in [7, 11) is -1.42. The van der Waals surface area contributed by atoms with Crippen LogP contribution in [0, 0.1) is 5.92 Å². The molecule has 0 heterocycles. The van der Waals surface area contributed by atoms with E-state index in [1.807, 2.05) is 0 Å². The topological polar surface area (TPSA) is 55.4 Å². The van der Waals surface area contributed by atoms with Crippen LogP contribution in [0.15, 0.2) is 0 Å². The highest BCUT2D eigenvalue weighted by atomic mass is 32.2. The third kappa shape index (κ3) is 8.47. The average Bonchev–Trinajstić information content (AvgIpc) is 2.09. The lowest BCUT2D eigenvalue weighted by Gasteiger charge is -2.07. The highest BCUT2D eigenvalue weighted by Gasteiger charge is 2.09. The summed E-state index contributed by atoms with van der Waals surface area (Å²) in [6, 6.07) is 0. The predicted molar refractivity (Wildman–Crippen MR) is 58.2 cm³/mol. The Hall–Kier alpha value is -0.130. The second-order valence-electron chi connectivity index (χ2n) is 3.74. The van der Waals surface area contributed by atoms with Gasteiger partial charge >= 0.3 is 0 Å². The van der Waals surface area contributed by atoms with Crippen molar-refractivity contribution in [2.45, 2.75) is 13.8 Å². The number of hydrogen-bond donors (Lipinski definition) is 1. The Labute approximate surface area is 86.9 Å². The van der Waals surface area contributed by atoms with Gasteiger partial charge in [-0.2, -0.15) is 0 Å². The molecule has 0 saturated carbocycles. The average molecular weight is 223 g/mol. The minimum Gasteiger partial charge on any atom is -0.384 e. The Kier molecular flexibility index (Phi) is 7.13. The molecule has 0 aromatic carbocycles. The van der Waals surface area contributed by atoms with Gasteiger partial charge < -0.3 is 10.1 Å². The summed E-state index contributed by atoms with van der Waals surface area (Å²) >= 11 is 0. The van der Waals surface area contributed by atoms with Crippen molar-refractivity contribution >= 4 is 9.84 Å². The molecule has 0 rings (SSSR count). The van der Waals surface area contributed by atoms with Crippen molar-refractivity contribution in [3.05, 3.63) is 0 Å². The lowest BCUT2D eigenvalue weighted by atomic mass is 10.2. The predicted octanol–water partition coefficient (Wildman–Crippen LogP) is 0.293. The highest BCUT2D eigenvalue weighted by molar-refractivity contribution is 7.91. The third-order valence-electron chi connectivity index (χ3n) is 1.74. The van der Waals surface area contributed by atoms with Gasteiger partial charge in [-0.1, -0.05) is 13.8 Å². The van der Waals surface area contributed by atoms with Crippen LogP contribution in [0.4, 0.5) is 0 Å². The Morgan fingerprint density at radius 2 is 1.93 bits per heavy atom. The summed E-state index contributed by atoms with van der Waals surface area (Å²) in [4.78, 5) is 0. The van der Waals surface area contributed by atoms with Gasteiger partial charge in [0.15, 0.2) is 9.84 Å². The van der Waals surface area contributed by atoms with E-state index in [1.54, 1.807) is 0 Å². The van der Waals surface area contributed by atoms with Crippen LogP contribution < -0.4 is 5.32 Å².